The third-order valence-electron chi connectivity index (χ3n) is 2.40. The van der Waals surface area contributed by atoms with Crippen LogP contribution in [0.15, 0.2) is 41.6 Å². The maximum atomic E-state index is 11.8. The minimum absolute atomic E-state index is 0.110. The van der Waals surface area contributed by atoms with Gasteiger partial charge >= 0.3 is 0 Å². The second kappa shape index (κ2) is 6.07. The summed E-state index contributed by atoms with van der Waals surface area (Å²) < 4.78 is 1.60. The smallest absolute Gasteiger partial charge is 0.234 e. The van der Waals surface area contributed by atoms with Crippen LogP contribution in [-0.4, -0.2) is 21.4 Å². The van der Waals surface area contributed by atoms with Crippen molar-refractivity contribution in [3.63, 3.8) is 0 Å². The van der Waals surface area contributed by atoms with Crippen LogP contribution in [0.1, 0.15) is 5.56 Å². The van der Waals surface area contributed by atoms with Crippen LogP contribution >= 0.6 is 11.8 Å². The van der Waals surface area contributed by atoms with E-state index < -0.39 is 0 Å². The number of rotatable bonds is 4. The molecule has 96 valence electrons. The molecule has 2 aromatic rings. The molecule has 1 N–H and O–H groups in total. The van der Waals surface area contributed by atoms with Crippen LogP contribution in [0, 0.1) is 11.3 Å². The number of thioether (sulfide) groups is 1. The summed E-state index contributed by atoms with van der Waals surface area (Å²) in [6, 6.07) is 11.3. The summed E-state index contributed by atoms with van der Waals surface area (Å²) in [4.78, 5) is 11.8. The summed E-state index contributed by atoms with van der Waals surface area (Å²) in [5, 5.41) is 16.4. The molecular formula is C13H12N4OS. The molecule has 5 nitrogen and oxygen atoms in total. The van der Waals surface area contributed by atoms with E-state index in [9.17, 15) is 4.79 Å². The van der Waals surface area contributed by atoms with Crippen LogP contribution in [0.5, 0.6) is 0 Å². The molecule has 0 fully saturated rings. The quantitative estimate of drug-likeness (QED) is 0.864. The van der Waals surface area contributed by atoms with Gasteiger partial charge in [0.25, 0.3) is 0 Å². The Bertz CT molecular complexity index is 615. The van der Waals surface area contributed by atoms with E-state index in [-0.39, 0.29) is 11.7 Å². The normalized spacial score (nSPS) is 9.89. The number of carbonyl (C=O) groups excluding carboxylic acids is 1. The zero-order valence-electron chi connectivity index (χ0n) is 10.3. The maximum Gasteiger partial charge on any atom is 0.234 e. The van der Waals surface area contributed by atoms with Gasteiger partial charge in [-0.2, -0.15) is 10.4 Å². The molecule has 0 atom stereocenters. The van der Waals surface area contributed by atoms with E-state index in [0.717, 1.165) is 5.69 Å². The molecule has 1 aromatic heterocycles. The molecule has 0 bridgehead atoms. The summed E-state index contributed by atoms with van der Waals surface area (Å²) >= 11 is 1.30. The standard InChI is InChI=1S/C13H12N4OS/c1-17-13(10(7-14)8-15-17)19-9-12(18)16-11-5-3-2-4-6-11/h2-6,8H,9H2,1H3,(H,16,18). The summed E-state index contributed by atoms with van der Waals surface area (Å²) in [5.74, 6) is 0.129. The van der Waals surface area contributed by atoms with E-state index in [0.29, 0.717) is 10.6 Å². The van der Waals surface area contributed by atoms with Gasteiger partial charge in [0.15, 0.2) is 0 Å². The van der Waals surface area contributed by atoms with E-state index in [1.54, 1.807) is 11.7 Å². The Morgan fingerprint density at radius 1 is 1.47 bits per heavy atom. The van der Waals surface area contributed by atoms with Crippen molar-refractivity contribution in [3.8, 4) is 6.07 Å². The average molecular weight is 272 g/mol. The topological polar surface area (TPSA) is 70.7 Å². The summed E-state index contributed by atoms with van der Waals surface area (Å²) in [6.07, 6.45) is 1.50. The van der Waals surface area contributed by atoms with E-state index >= 15 is 0 Å². The SMILES string of the molecule is Cn1ncc(C#N)c1SCC(=O)Nc1ccccc1. The molecule has 0 aliphatic carbocycles. The number of aryl methyl sites for hydroxylation is 1. The van der Waals surface area contributed by atoms with Crippen molar-refractivity contribution in [1.82, 2.24) is 9.78 Å². The predicted molar refractivity (Wildman–Crippen MR) is 73.7 cm³/mol. The van der Waals surface area contributed by atoms with Gasteiger partial charge in [-0.3, -0.25) is 9.48 Å². The highest BCUT2D eigenvalue weighted by Gasteiger charge is 2.11. The first-order valence-electron chi connectivity index (χ1n) is 5.60. The van der Waals surface area contributed by atoms with Gasteiger partial charge in [0, 0.05) is 12.7 Å². The second-order valence-corrected chi connectivity index (χ2v) is 4.77. The summed E-state index contributed by atoms with van der Waals surface area (Å²) in [6.45, 7) is 0. The molecule has 19 heavy (non-hydrogen) atoms. The summed E-state index contributed by atoms with van der Waals surface area (Å²) in [5.41, 5.74) is 1.25. The molecule has 1 amide bonds. The van der Waals surface area contributed by atoms with Crippen molar-refractivity contribution in [2.75, 3.05) is 11.1 Å². The lowest BCUT2D eigenvalue weighted by molar-refractivity contribution is -0.113. The Balaban J connectivity index is 1.94. The van der Waals surface area contributed by atoms with Gasteiger partial charge in [-0.05, 0) is 12.1 Å². The molecule has 0 saturated carbocycles. The Labute approximate surface area is 115 Å². The number of amides is 1. The monoisotopic (exact) mass is 272 g/mol. The fraction of sp³-hybridized carbons (Fsp3) is 0.154. The molecular weight excluding hydrogens is 260 g/mol. The molecule has 1 heterocycles. The molecule has 0 unspecified atom stereocenters. The van der Waals surface area contributed by atoms with Crippen LogP contribution in [0.4, 0.5) is 5.69 Å². The molecule has 0 aliphatic heterocycles. The largest absolute Gasteiger partial charge is 0.325 e. The van der Waals surface area contributed by atoms with Gasteiger partial charge in [0.05, 0.1) is 11.9 Å². The first kappa shape index (κ1) is 13.2. The first-order valence-corrected chi connectivity index (χ1v) is 6.59. The highest BCUT2D eigenvalue weighted by molar-refractivity contribution is 8.00. The number of aromatic nitrogens is 2. The van der Waals surface area contributed by atoms with Gasteiger partial charge in [0.1, 0.15) is 16.7 Å². The lowest BCUT2D eigenvalue weighted by atomic mass is 10.3. The Morgan fingerprint density at radius 3 is 2.89 bits per heavy atom. The van der Waals surface area contributed by atoms with Crippen molar-refractivity contribution in [1.29, 1.82) is 5.26 Å². The van der Waals surface area contributed by atoms with Crippen LogP contribution in [0.25, 0.3) is 0 Å². The van der Waals surface area contributed by atoms with Gasteiger partial charge in [-0.1, -0.05) is 30.0 Å². The Kier molecular flexibility index (Phi) is 4.21. The molecule has 0 spiro atoms. The van der Waals surface area contributed by atoms with Crippen molar-refractivity contribution < 1.29 is 4.79 Å². The minimum Gasteiger partial charge on any atom is -0.325 e. The molecule has 0 radical (unpaired) electrons. The zero-order valence-corrected chi connectivity index (χ0v) is 11.1. The van der Waals surface area contributed by atoms with Crippen LogP contribution in [-0.2, 0) is 11.8 Å². The van der Waals surface area contributed by atoms with Crippen molar-refractivity contribution in [2.45, 2.75) is 5.03 Å². The number of anilines is 1. The Morgan fingerprint density at radius 2 is 2.21 bits per heavy atom. The lowest BCUT2D eigenvalue weighted by Gasteiger charge is -2.05. The van der Waals surface area contributed by atoms with E-state index in [2.05, 4.69) is 16.5 Å². The average Bonchev–Trinajstić information content (AvgIpc) is 2.78. The highest BCUT2D eigenvalue weighted by Crippen LogP contribution is 2.21. The number of carbonyl (C=O) groups is 1. The third-order valence-corrected chi connectivity index (χ3v) is 3.57. The molecule has 0 saturated heterocycles. The van der Waals surface area contributed by atoms with Crippen molar-refractivity contribution >= 4 is 23.4 Å². The number of nitrogens with zero attached hydrogens (tertiary/aromatic N) is 3. The minimum atomic E-state index is -0.110. The number of para-hydroxylation sites is 1. The number of nitrogens with one attached hydrogen (secondary N) is 1. The van der Waals surface area contributed by atoms with Crippen LogP contribution < -0.4 is 5.32 Å². The molecule has 6 heteroatoms. The van der Waals surface area contributed by atoms with Gasteiger partial charge in [0.2, 0.25) is 5.91 Å². The number of hydrogen-bond acceptors (Lipinski definition) is 4. The lowest BCUT2D eigenvalue weighted by Crippen LogP contribution is -2.14. The third kappa shape index (κ3) is 3.36. The van der Waals surface area contributed by atoms with Gasteiger partial charge < -0.3 is 5.32 Å². The van der Waals surface area contributed by atoms with Gasteiger partial charge in [-0.25, -0.2) is 0 Å². The van der Waals surface area contributed by atoms with Crippen LogP contribution in [0.3, 0.4) is 0 Å². The fourth-order valence-corrected chi connectivity index (χ4v) is 2.35. The van der Waals surface area contributed by atoms with Crippen molar-refractivity contribution in [2.24, 2.45) is 7.05 Å². The number of nitriles is 1. The highest BCUT2D eigenvalue weighted by atomic mass is 32.2. The van der Waals surface area contributed by atoms with Crippen molar-refractivity contribution in [3.05, 3.63) is 42.1 Å². The molecule has 1 aromatic carbocycles. The van der Waals surface area contributed by atoms with E-state index in [1.165, 1.54) is 18.0 Å². The number of benzene rings is 1. The second-order valence-electron chi connectivity index (χ2n) is 3.80. The van der Waals surface area contributed by atoms with E-state index in [4.69, 9.17) is 5.26 Å². The summed E-state index contributed by atoms with van der Waals surface area (Å²) in [7, 11) is 1.75. The Hall–Kier alpha value is -2.26. The predicted octanol–water partition coefficient (Wildman–Crippen LogP) is 2.02. The number of hydrogen-bond donors (Lipinski definition) is 1. The maximum absolute atomic E-state index is 11.8. The first-order chi connectivity index (χ1) is 9.20. The van der Waals surface area contributed by atoms with E-state index in [1.807, 2.05) is 30.3 Å². The molecule has 0 aliphatic rings. The molecule has 2 rings (SSSR count). The van der Waals surface area contributed by atoms with Crippen LogP contribution in [0.2, 0.25) is 0 Å². The zero-order chi connectivity index (χ0) is 13.7. The van der Waals surface area contributed by atoms with Gasteiger partial charge in [-0.15, -0.1) is 0 Å². The fourth-order valence-electron chi connectivity index (χ4n) is 1.53.